The van der Waals surface area contributed by atoms with E-state index in [4.69, 9.17) is 9.47 Å². The van der Waals surface area contributed by atoms with Crippen molar-refractivity contribution < 1.29 is 33.8 Å². The third-order valence-electron chi connectivity index (χ3n) is 4.93. The number of aliphatic carboxylic acids is 1. The van der Waals surface area contributed by atoms with Crippen LogP contribution in [0.2, 0.25) is 0 Å². The average molecular weight is 486 g/mol. The third kappa shape index (κ3) is 11.1. The minimum absolute atomic E-state index is 0.0667. The summed E-state index contributed by atoms with van der Waals surface area (Å²) in [6.45, 7) is 0.196. The first kappa shape index (κ1) is 27.2. The molecular formula is C25H31N3O7. The first-order valence-electron chi connectivity index (χ1n) is 11.2. The Kier molecular flexibility index (Phi) is 11.6. The second kappa shape index (κ2) is 14.9. The van der Waals surface area contributed by atoms with E-state index in [2.05, 4.69) is 10.6 Å². The Morgan fingerprint density at radius 3 is 2.03 bits per heavy atom. The van der Waals surface area contributed by atoms with Crippen LogP contribution in [0, 0.1) is 0 Å². The highest BCUT2D eigenvalue weighted by molar-refractivity contribution is 5.86. The summed E-state index contributed by atoms with van der Waals surface area (Å²) in [4.78, 5) is 48.6. The van der Waals surface area contributed by atoms with Gasteiger partial charge in [-0.25, -0.2) is 14.4 Å². The number of alkyl carbamates (subject to hydrolysis) is 1. The van der Waals surface area contributed by atoms with Gasteiger partial charge in [0.05, 0.1) is 0 Å². The summed E-state index contributed by atoms with van der Waals surface area (Å²) in [6.07, 6.45) is -0.124. The van der Waals surface area contributed by atoms with Crippen molar-refractivity contribution in [3.05, 3.63) is 71.8 Å². The maximum absolute atomic E-state index is 12.2. The predicted molar refractivity (Wildman–Crippen MR) is 127 cm³/mol. The Bertz CT molecular complexity index is 954. The first-order valence-corrected chi connectivity index (χ1v) is 11.2. The largest absolute Gasteiger partial charge is 0.480 e. The van der Waals surface area contributed by atoms with Gasteiger partial charge < -0.3 is 30.1 Å². The number of unbranched alkanes of at least 4 members (excludes halogenated alkanes) is 1. The van der Waals surface area contributed by atoms with Crippen LogP contribution in [0.5, 0.6) is 0 Å². The lowest BCUT2D eigenvalue weighted by Crippen LogP contribution is -2.46. The van der Waals surface area contributed by atoms with Crippen molar-refractivity contribution in [3.8, 4) is 0 Å². The van der Waals surface area contributed by atoms with Gasteiger partial charge in [0.1, 0.15) is 25.8 Å². The van der Waals surface area contributed by atoms with Crippen LogP contribution in [0.1, 0.15) is 30.4 Å². The molecule has 0 unspecified atom stereocenters. The number of carbonyl (C=O) groups is 4. The van der Waals surface area contributed by atoms with Gasteiger partial charge in [-0.05, 0) is 30.4 Å². The van der Waals surface area contributed by atoms with Gasteiger partial charge in [-0.1, -0.05) is 60.7 Å². The smallest absolute Gasteiger partial charge is 0.410 e. The Hall–Kier alpha value is -4.08. The van der Waals surface area contributed by atoms with Gasteiger partial charge in [0.15, 0.2) is 0 Å². The molecule has 0 fully saturated rings. The van der Waals surface area contributed by atoms with Crippen LogP contribution < -0.4 is 10.6 Å². The Morgan fingerprint density at radius 2 is 1.46 bits per heavy atom. The van der Waals surface area contributed by atoms with Crippen LogP contribution in [-0.4, -0.2) is 60.2 Å². The number of carbonyl (C=O) groups excluding carboxylic acids is 3. The molecule has 0 aliphatic carbocycles. The van der Waals surface area contributed by atoms with E-state index in [1.807, 2.05) is 48.5 Å². The molecule has 2 rings (SSSR count). The monoisotopic (exact) mass is 485 g/mol. The summed E-state index contributed by atoms with van der Waals surface area (Å²) in [5.41, 5.74) is 1.68. The lowest BCUT2D eigenvalue weighted by Gasteiger charge is -2.19. The molecule has 2 aromatic carbocycles. The molecule has 188 valence electrons. The van der Waals surface area contributed by atoms with E-state index in [-0.39, 0.29) is 26.2 Å². The molecule has 0 aromatic heterocycles. The molecule has 0 spiro atoms. The molecule has 3 amide bonds. The second-order valence-corrected chi connectivity index (χ2v) is 7.84. The van der Waals surface area contributed by atoms with Crippen LogP contribution in [0.3, 0.4) is 0 Å². The van der Waals surface area contributed by atoms with Gasteiger partial charge in [0.2, 0.25) is 5.91 Å². The number of carboxylic acids is 1. The van der Waals surface area contributed by atoms with Gasteiger partial charge in [0, 0.05) is 13.6 Å². The summed E-state index contributed by atoms with van der Waals surface area (Å²) in [5, 5.41) is 14.4. The van der Waals surface area contributed by atoms with Gasteiger partial charge in [0.25, 0.3) is 0 Å². The van der Waals surface area contributed by atoms with E-state index in [9.17, 15) is 24.3 Å². The van der Waals surface area contributed by atoms with Crippen molar-refractivity contribution in [1.29, 1.82) is 0 Å². The van der Waals surface area contributed by atoms with Crippen molar-refractivity contribution >= 4 is 24.1 Å². The van der Waals surface area contributed by atoms with E-state index in [0.717, 1.165) is 16.0 Å². The van der Waals surface area contributed by atoms with E-state index in [0.29, 0.717) is 19.4 Å². The predicted octanol–water partition coefficient (Wildman–Crippen LogP) is 2.92. The molecule has 0 heterocycles. The van der Waals surface area contributed by atoms with Crippen LogP contribution in [0.15, 0.2) is 60.7 Å². The minimum Gasteiger partial charge on any atom is -0.480 e. The lowest BCUT2D eigenvalue weighted by molar-refractivity contribution is -0.142. The molecule has 2 aromatic rings. The van der Waals surface area contributed by atoms with E-state index in [1.165, 1.54) is 7.05 Å². The third-order valence-corrected chi connectivity index (χ3v) is 4.93. The molecule has 0 aliphatic heterocycles. The Morgan fingerprint density at radius 1 is 0.886 bits per heavy atom. The van der Waals surface area contributed by atoms with Crippen molar-refractivity contribution in [2.45, 2.75) is 38.5 Å². The average Bonchev–Trinajstić information content (AvgIpc) is 2.86. The minimum atomic E-state index is -1.18. The highest BCUT2D eigenvalue weighted by Gasteiger charge is 2.22. The first-order chi connectivity index (χ1) is 16.8. The fraction of sp³-hybridized carbons (Fsp3) is 0.360. The number of hydrogen-bond acceptors (Lipinski definition) is 6. The highest BCUT2D eigenvalue weighted by atomic mass is 16.6. The molecule has 0 radical (unpaired) electrons. The molecule has 0 bridgehead atoms. The zero-order valence-corrected chi connectivity index (χ0v) is 19.6. The Balaban J connectivity index is 1.62. The van der Waals surface area contributed by atoms with Crippen molar-refractivity contribution in [1.82, 2.24) is 15.5 Å². The van der Waals surface area contributed by atoms with Crippen LogP contribution >= 0.6 is 0 Å². The number of nitrogens with zero attached hydrogens (tertiary/aromatic N) is 1. The number of nitrogens with one attached hydrogen (secondary N) is 2. The molecular weight excluding hydrogens is 454 g/mol. The molecule has 10 nitrogen and oxygen atoms in total. The molecule has 0 saturated heterocycles. The zero-order chi connectivity index (χ0) is 25.5. The highest BCUT2D eigenvalue weighted by Crippen LogP contribution is 2.05. The van der Waals surface area contributed by atoms with Gasteiger partial charge in [-0.3, -0.25) is 4.79 Å². The molecule has 35 heavy (non-hydrogen) atoms. The summed E-state index contributed by atoms with van der Waals surface area (Å²) in [6, 6.07) is 17.3. The number of amides is 3. The fourth-order valence-corrected chi connectivity index (χ4v) is 3.04. The number of carboxylic acid groups (broad SMARTS) is 1. The van der Waals surface area contributed by atoms with Crippen molar-refractivity contribution in [3.63, 3.8) is 0 Å². The normalized spacial score (nSPS) is 11.1. The number of benzene rings is 2. The van der Waals surface area contributed by atoms with Gasteiger partial charge in [-0.2, -0.15) is 0 Å². The molecule has 0 aliphatic rings. The maximum Gasteiger partial charge on any atom is 0.410 e. The second-order valence-electron chi connectivity index (χ2n) is 7.84. The maximum atomic E-state index is 12.2. The summed E-state index contributed by atoms with van der Waals surface area (Å²) < 4.78 is 10.2. The number of hydrogen-bond donors (Lipinski definition) is 3. The van der Waals surface area contributed by atoms with Crippen molar-refractivity contribution in [2.75, 3.05) is 20.1 Å². The SMILES string of the molecule is CN(CC(=O)N[C@@H](CCCCNC(=O)OCc1ccccc1)C(=O)O)C(=O)OCc1ccccc1. The summed E-state index contributed by atoms with van der Waals surface area (Å²) in [5.74, 6) is -1.79. The number of likely N-dealkylation sites (N-methyl/N-ethyl adjacent to an activating group) is 1. The van der Waals surface area contributed by atoms with Crippen LogP contribution in [-0.2, 0) is 32.3 Å². The van der Waals surface area contributed by atoms with Crippen LogP contribution in [0.4, 0.5) is 9.59 Å². The topological polar surface area (TPSA) is 134 Å². The molecule has 1 atom stereocenters. The van der Waals surface area contributed by atoms with Crippen LogP contribution in [0.25, 0.3) is 0 Å². The van der Waals surface area contributed by atoms with E-state index in [1.54, 1.807) is 12.1 Å². The lowest BCUT2D eigenvalue weighted by atomic mass is 10.1. The van der Waals surface area contributed by atoms with Gasteiger partial charge in [-0.15, -0.1) is 0 Å². The molecule has 0 saturated carbocycles. The summed E-state index contributed by atoms with van der Waals surface area (Å²) >= 11 is 0. The standard InChI is InChI=1S/C25H31N3O7/c1-28(25(33)35-18-20-12-6-3-7-13-20)16-22(29)27-21(23(30)31)14-8-9-15-26-24(32)34-17-19-10-4-2-5-11-19/h2-7,10-13,21H,8-9,14-18H2,1H3,(H,26,32)(H,27,29)(H,30,31)/t21-/m0/s1. The van der Waals surface area contributed by atoms with E-state index >= 15 is 0 Å². The van der Waals surface area contributed by atoms with Gasteiger partial charge >= 0.3 is 18.2 Å². The van der Waals surface area contributed by atoms with E-state index < -0.39 is 30.1 Å². The molecule has 10 heteroatoms. The quantitative estimate of drug-likeness (QED) is 0.371. The number of rotatable bonds is 13. The number of ether oxygens (including phenoxy) is 2. The Labute approximate surface area is 204 Å². The molecule has 3 N–H and O–H groups in total. The fourth-order valence-electron chi connectivity index (χ4n) is 3.04. The summed E-state index contributed by atoms with van der Waals surface area (Å²) in [7, 11) is 1.39. The van der Waals surface area contributed by atoms with Crippen molar-refractivity contribution in [2.24, 2.45) is 0 Å². The zero-order valence-electron chi connectivity index (χ0n) is 19.6.